The lowest BCUT2D eigenvalue weighted by Crippen LogP contribution is -2.34. The van der Waals surface area contributed by atoms with Crippen LogP contribution in [0, 0.1) is 17.2 Å². The van der Waals surface area contributed by atoms with Crippen LogP contribution in [0.15, 0.2) is 12.4 Å². The highest BCUT2D eigenvalue weighted by Crippen LogP contribution is 2.26. The Kier molecular flexibility index (Phi) is 4.29. The number of aliphatic carboxylic acids is 1. The first-order valence-electron chi connectivity index (χ1n) is 6.43. The van der Waals surface area contributed by atoms with Crippen molar-refractivity contribution in [2.45, 2.75) is 38.1 Å². The fraction of sp³-hybridized carbons (Fsp3) is 0.538. The van der Waals surface area contributed by atoms with Gasteiger partial charge in [-0.2, -0.15) is 5.26 Å². The minimum Gasteiger partial charge on any atom is -0.481 e. The van der Waals surface area contributed by atoms with Gasteiger partial charge < -0.3 is 10.4 Å². The van der Waals surface area contributed by atoms with Crippen LogP contribution < -0.4 is 5.32 Å². The number of carbonyl (C=O) groups is 1. The molecule has 1 aliphatic rings. The van der Waals surface area contributed by atoms with Crippen molar-refractivity contribution >= 4 is 11.8 Å². The molecule has 1 aromatic rings. The van der Waals surface area contributed by atoms with Gasteiger partial charge in [0.2, 0.25) is 0 Å². The first-order chi connectivity index (χ1) is 9.22. The fourth-order valence-electron chi connectivity index (χ4n) is 2.48. The molecule has 0 radical (unpaired) electrons. The average Bonchev–Trinajstić information content (AvgIpc) is 2.65. The highest BCUT2D eigenvalue weighted by molar-refractivity contribution is 5.71. The minimum absolute atomic E-state index is 0.191. The van der Waals surface area contributed by atoms with E-state index < -0.39 is 11.9 Å². The van der Waals surface area contributed by atoms with Crippen molar-refractivity contribution in [3.8, 4) is 6.07 Å². The van der Waals surface area contributed by atoms with E-state index >= 15 is 0 Å². The molecule has 6 heteroatoms. The number of carboxylic acids is 1. The maximum Gasteiger partial charge on any atom is 0.308 e. The lowest BCUT2D eigenvalue weighted by molar-refractivity contribution is -0.142. The molecule has 0 aliphatic heterocycles. The highest BCUT2D eigenvalue weighted by atomic mass is 16.4. The number of nitrogens with one attached hydrogen (secondary N) is 1. The zero-order chi connectivity index (χ0) is 13.7. The average molecular weight is 260 g/mol. The van der Waals surface area contributed by atoms with Gasteiger partial charge in [0.15, 0.2) is 11.5 Å². The molecule has 2 rings (SSSR count). The number of nitriles is 1. The van der Waals surface area contributed by atoms with Crippen LogP contribution in [-0.2, 0) is 4.79 Å². The minimum atomic E-state index is -0.790. The molecule has 0 saturated heterocycles. The lowest BCUT2D eigenvalue weighted by atomic mass is 9.95. The van der Waals surface area contributed by atoms with E-state index in [1.54, 1.807) is 0 Å². The predicted octanol–water partition coefficient (Wildman–Crippen LogP) is 1.79. The van der Waals surface area contributed by atoms with E-state index in [0.717, 1.165) is 25.7 Å². The van der Waals surface area contributed by atoms with E-state index in [1.807, 2.05) is 6.07 Å². The molecule has 2 unspecified atom stereocenters. The monoisotopic (exact) mass is 260 g/mol. The van der Waals surface area contributed by atoms with E-state index in [9.17, 15) is 9.90 Å². The summed E-state index contributed by atoms with van der Waals surface area (Å²) in [7, 11) is 0. The fourth-order valence-corrected chi connectivity index (χ4v) is 2.48. The number of nitrogens with zero attached hydrogens (tertiary/aromatic N) is 3. The molecule has 1 aliphatic carbocycles. The van der Waals surface area contributed by atoms with Gasteiger partial charge in [0.25, 0.3) is 0 Å². The Bertz CT molecular complexity index is 498. The summed E-state index contributed by atoms with van der Waals surface area (Å²) in [6.45, 7) is 0. The van der Waals surface area contributed by atoms with Crippen molar-refractivity contribution in [2.24, 2.45) is 5.92 Å². The maximum atomic E-state index is 11.3. The molecule has 0 amide bonds. The predicted molar refractivity (Wildman–Crippen MR) is 68.4 cm³/mol. The molecule has 2 N–H and O–H groups in total. The Balaban J connectivity index is 2.19. The lowest BCUT2D eigenvalue weighted by Gasteiger charge is -2.23. The summed E-state index contributed by atoms with van der Waals surface area (Å²) in [4.78, 5) is 19.3. The molecular weight excluding hydrogens is 244 g/mol. The van der Waals surface area contributed by atoms with Gasteiger partial charge in [-0.25, -0.2) is 9.97 Å². The molecular formula is C13H16N4O2. The molecule has 100 valence electrons. The van der Waals surface area contributed by atoms with Gasteiger partial charge in [-0.15, -0.1) is 0 Å². The summed E-state index contributed by atoms with van der Waals surface area (Å²) in [6, 6.07) is 1.77. The Morgan fingerprint density at radius 2 is 2.05 bits per heavy atom. The molecule has 1 saturated carbocycles. The second kappa shape index (κ2) is 6.14. The van der Waals surface area contributed by atoms with Crippen LogP contribution in [0.2, 0.25) is 0 Å². The quantitative estimate of drug-likeness (QED) is 0.804. The van der Waals surface area contributed by atoms with E-state index in [1.165, 1.54) is 12.4 Å². The molecule has 1 aromatic heterocycles. The Morgan fingerprint density at radius 1 is 1.32 bits per heavy atom. The number of carboxylic acid groups (broad SMARTS) is 1. The first-order valence-corrected chi connectivity index (χ1v) is 6.43. The summed E-state index contributed by atoms with van der Waals surface area (Å²) >= 11 is 0. The highest BCUT2D eigenvalue weighted by Gasteiger charge is 2.30. The summed E-state index contributed by atoms with van der Waals surface area (Å²) < 4.78 is 0. The number of hydrogen-bond donors (Lipinski definition) is 2. The normalized spacial score (nSPS) is 23.1. The van der Waals surface area contributed by atoms with E-state index in [-0.39, 0.29) is 11.7 Å². The van der Waals surface area contributed by atoms with Crippen LogP contribution in [0.3, 0.4) is 0 Å². The van der Waals surface area contributed by atoms with Crippen molar-refractivity contribution in [3.63, 3.8) is 0 Å². The molecule has 0 aromatic carbocycles. The third-order valence-corrected chi connectivity index (χ3v) is 3.46. The molecule has 1 fully saturated rings. The molecule has 1 heterocycles. The van der Waals surface area contributed by atoms with Crippen LogP contribution in [0.5, 0.6) is 0 Å². The molecule has 0 spiro atoms. The second-order valence-electron chi connectivity index (χ2n) is 4.70. The van der Waals surface area contributed by atoms with Gasteiger partial charge >= 0.3 is 5.97 Å². The first kappa shape index (κ1) is 13.3. The van der Waals surface area contributed by atoms with Gasteiger partial charge in [-0.05, 0) is 12.8 Å². The number of anilines is 1. The standard InChI is InChI=1S/C13H16N4O2/c14-8-11-12(16-7-6-15-11)17-10-5-3-1-2-4-9(10)13(18)19/h6-7,9-10H,1-5H2,(H,16,17)(H,18,19). The molecule has 2 atom stereocenters. The summed E-state index contributed by atoms with van der Waals surface area (Å²) in [6.07, 6.45) is 7.35. The van der Waals surface area contributed by atoms with Crippen molar-refractivity contribution < 1.29 is 9.90 Å². The third kappa shape index (κ3) is 3.19. The number of aromatic nitrogens is 2. The number of rotatable bonds is 3. The smallest absolute Gasteiger partial charge is 0.308 e. The topological polar surface area (TPSA) is 98.9 Å². The van der Waals surface area contributed by atoms with Gasteiger partial charge in [0, 0.05) is 18.4 Å². The van der Waals surface area contributed by atoms with Crippen molar-refractivity contribution in [1.82, 2.24) is 9.97 Å². The van der Waals surface area contributed by atoms with Crippen LogP contribution in [0.4, 0.5) is 5.82 Å². The van der Waals surface area contributed by atoms with Gasteiger partial charge in [-0.3, -0.25) is 4.79 Å². The summed E-state index contributed by atoms with van der Waals surface area (Å²) in [5.74, 6) is -0.846. The molecule has 6 nitrogen and oxygen atoms in total. The SMILES string of the molecule is N#Cc1nccnc1NC1CCCCCC1C(=O)O. The largest absolute Gasteiger partial charge is 0.481 e. The van der Waals surface area contributed by atoms with Crippen LogP contribution in [-0.4, -0.2) is 27.1 Å². The zero-order valence-electron chi connectivity index (χ0n) is 10.5. The number of hydrogen-bond acceptors (Lipinski definition) is 5. The molecule has 0 bridgehead atoms. The van der Waals surface area contributed by atoms with Crippen molar-refractivity contribution in [2.75, 3.05) is 5.32 Å². The van der Waals surface area contributed by atoms with Gasteiger partial charge in [-0.1, -0.05) is 19.3 Å². The van der Waals surface area contributed by atoms with Crippen LogP contribution in [0.1, 0.15) is 37.8 Å². The maximum absolute atomic E-state index is 11.3. The van der Waals surface area contributed by atoms with Gasteiger partial charge in [0.05, 0.1) is 5.92 Å². The Labute approximate surface area is 111 Å². The molecule has 19 heavy (non-hydrogen) atoms. The van der Waals surface area contributed by atoms with E-state index in [4.69, 9.17) is 5.26 Å². The Hall–Kier alpha value is -2.16. The van der Waals surface area contributed by atoms with Gasteiger partial charge in [0.1, 0.15) is 6.07 Å². The zero-order valence-corrected chi connectivity index (χ0v) is 10.5. The van der Waals surface area contributed by atoms with Crippen molar-refractivity contribution in [1.29, 1.82) is 5.26 Å². The van der Waals surface area contributed by atoms with Crippen LogP contribution in [0.25, 0.3) is 0 Å². The van der Waals surface area contributed by atoms with Crippen LogP contribution >= 0.6 is 0 Å². The second-order valence-corrected chi connectivity index (χ2v) is 4.70. The van der Waals surface area contributed by atoms with Crippen molar-refractivity contribution in [3.05, 3.63) is 18.1 Å². The summed E-state index contributed by atoms with van der Waals surface area (Å²) in [5.41, 5.74) is 0.205. The summed E-state index contributed by atoms with van der Waals surface area (Å²) in [5, 5.41) is 21.4. The third-order valence-electron chi connectivity index (χ3n) is 3.46. The van der Waals surface area contributed by atoms with E-state index in [2.05, 4.69) is 15.3 Å². The Morgan fingerprint density at radius 3 is 2.79 bits per heavy atom. The van der Waals surface area contributed by atoms with E-state index in [0.29, 0.717) is 12.2 Å².